The zero-order valence-electron chi connectivity index (χ0n) is 10.2. The summed E-state index contributed by atoms with van der Waals surface area (Å²) in [7, 11) is 0. The Hall–Kier alpha value is -2.35. The molecule has 0 unspecified atom stereocenters. The number of nitrogen functional groups attached to an aromatic ring is 1. The fourth-order valence-electron chi connectivity index (χ4n) is 1.59. The fraction of sp³-hybridized carbons (Fsp3) is 0.0833. The van der Waals surface area contributed by atoms with Crippen LogP contribution in [0.2, 0.25) is 0 Å². The van der Waals surface area contributed by atoms with Crippen LogP contribution in [-0.4, -0.2) is 20.3 Å². The van der Waals surface area contributed by atoms with Gasteiger partial charge in [-0.2, -0.15) is 10.1 Å². The van der Waals surface area contributed by atoms with Crippen molar-refractivity contribution in [1.82, 2.24) is 20.3 Å². The fourth-order valence-corrected chi connectivity index (χ4v) is 2.38. The van der Waals surface area contributed by atoms with Crippen LogP contribution in [0.25, 0.3) is 11.5 Å². The predicted molar refractivity (Wildman–Crippen MR) is 72.3 cm³/mol. The molecule has 0 aliphatic rings. The van der Waals surface area contributed by atoms with Gasteiger partial charge in [-0.15, -0.1) is 11.8 Å². The molecule has 0 saturated carbocycles. The van der Waals surface area contributed by atoms with Gasteiger partial charge in [-0.05, 0) is 18.2 Å². The first-order valence-electron chi connectivity index (χ1n) is 5.72. The minimum Gasteiger partial charge on any atom is -0.383 e. The average molecular weight is 291 g/mol. The molecular formula is C12H10FN5OS. The molecule has 0 aliphatic carbocycles. The topological polar surface area (TPSA) is 93.6 Å². The molecule has 0 atom stereocenters. The maximum Gasteiger partial charge on any atom is 0.263 e. The molecule has 0 aliphatic heterocycles. The molecule has 3 aromatic rings. The highest BCUT2D eigenvalue weighted by Gasteiger charge is 2.13. The summed E-state index contributed by atoms with van der Waals surface area (Å²) in [5, 5.41) is 10.2. The van der Waals surface area contributed by atoms with Gasteiger partial charge >= 0.3 is 0 Å². The summed E-state index contributed by atoms with van der Waals surface area (Å²) in [5.41, 5.74) is 6.24. The van der Waals surface area contributed by atoms with Crippen molar-refractivity contribution < 1.29 is 8.91 Å². The summed E-state index contributed by atoms with van der Waals surface area (Å²) in [6.45, 7) is 0. The molecule has 8 heteroatoms. The molecule has 3 rings (SSSR count). The van der Waals surface area contributed by atoms with Crippen LogP contribution in [0.5, 0.6) is 0 Å². The molecule has 2 aromatic heterocycles. The van der Waals surface area contributed by atoms with Gasteiger partial charge in [0.05, 0.1) is 11.9 Å². The lowest BCUT2D eigenvalue weighted by molar-refractivity contribution is 0.425. The van der Waals surface area contributed by atoms with Crippen LogP contribution in [0, 0.1) is 5.82 Å². The summed E-state index contributed by atoms with van der Waals surface area (Å²) in [6, 6.07) is 6.34. The molecule has 102 valence electrons. The van der Waals surface area contributed by atoms with Crippen molar-refractivity contribution in [3.8, 4) is 11.5 Å². The van der Waals surface area contributed by atoms with E-state index in [4.69, 9.17) is 10.3 Å². The van der Waals surface area contributed by atoms with Crippen LogP contribution in [0.1, 0.15) is 5.82 Å². The lowest BCUT2D eigenvalue weighted by Crippen LogP contribution is -1.88. The van der Waals surface area contributed by atoms with Crippen LogP contribution in [0.3, 0.4) is 0 Å². The predicted octanol–water partition coefficient (Wildman–Crippen LogP) is 2.47. The third-order valence-corrected chi connectivity index (χ3v) is 3.52. The second-order valence-electron chi connectivity index (χ2n) is 3.96. The molecule has 6 nitrogen and oxygen atoms in total. The van der Waals surface area contributed by atoms with E-state index in [0.717, 1.165) is 4.90 Å². The third-order valence-electron chi connectivity index (χ3n) is 2.53. The molecule has 0 bridgehead atoms. The number of nitrogens with one attached hydrogen (secondary N) is 1. The lowest BCUT2D eigenvalue weighted by Gasteiger charge is -1.97. The second kappa shape index (κ2) is 5.33. The van der Waals surface area contributed by atoms with Gasteiger partial charge in [0.25, 0.3) is 5.89 Å². The zero-order valence-corrected chi connectivity index (χ0v) is 11.0. The van der Waals surface area contributed by atoms with E-state index in [2.05, 4.69) is 20.3 Å². The van der Waals surface area contributed by atoms with Gasteiger partial charge in [0.15, 0.2) is 5.82 Å². The first kappa shape index (κ1) is 12.7. The maximum absolute atomic E-state index is 13.0. The van der Waals surface area contributed by atoms with E-state index in [0.29, 0.717) is 28.8 Å². The molecule has 0 radical (unpaired) electrons. The molecule has 0 amide bonds. The number of hydrogen-bond donors (Lipinski definition) is 2. The number of anilines is 1. The smallest absolute Gasteiger partial charge is 0.263 e. The summed E-state index contributed by atoms with van der Waals surface area (Å²) < 4.78 is 18.2. The van der Waals surface area contributed by atoms with Gasteiger partial charge in [0.2, 0.25) is 0 Å². The minimum absolute atomic E-state index is 0.269. The number of nitrogens with zero attached hydrogens (tertiary/aromatic N) is 3. The van der Waals surface area contributed by atoms with Crippen molar-refractivity contribution in [1.29, 1.82) is 0 Å². The van der Waals surface area contributed by atoms with Gasteiger partial charge in [0.1, 0.15) is 17.2 Å². The molecule has 0 spiro atoms. The molecule has 2 heterocycles. The largest absolute Gasteiger partial charge is 0.383 e. The van der Waals surface area contributed by atoms with Gasteiger partial charge in [-0.1, -0.05) is 11.2 Å². The van der Waals surface area contributed by atoms with Crippen LogP contribution >= 0.6 is 11.8 Å². The highest BCUT2D eigenvalue weighted by Crippen LogP contribution is 2.25. The summed E-state index contributed by atoms with van der Waals surface area (Å²) in [6.07, 6.45) is 1.52. The van der Waals surface area contributed by atoms with E-state index in [1.54, 1.807) is 6.07 Å². The highest BCUT2D eigenvalue weighted by atomic mass is 32.2. The van der Waals surface area contributed by atoms with Gasteiger partial charge in [-0.3, -0.25) is 5.10 Å². The Morgan fingerprint density at radius 2 is 2.30 bits per heavy atom. The number of halogens is 1. The van der Waals surface area contributed by atoms with E-state index in [-0.39, 0.29) is 5.82 Å². The summed E-state index contributed by atoms with van der Waals surface area (Å²) in [4.78, 5) is 5.02. The number of nitrogens with two attached hydrogens (primary N) is 1. The Balaban J connectivity index is 1.70. The number of H-pyrrole nitrogens is 1. The van der Waals surface area contributed by atoms with Crippen molar-refractivity contribution in [3.63, 3.8) is 0 Å². The Kier molecular flexibility index (Phi) is 3.38. The second-order valence-corrected chi connectivity index (χ2v) is 5.01. The molecule has 20 heavy (non-hydrogen) atoms. The maximum atomic E-state index is 13.0. The number of aromatic amines is 1. The van der Waals surface area contributed by atoms with Crippen molar-refractivity contribution in [2.75, 3.05) is 5.73 Å². The zero-order chi connectivity index (χ0) is 13.9. The van der Waals surface area contributed by atoms with Crippen LogP contribution in [0.4, 0.5) is 10.2 Å². The highest BCUT2D eigenvalue weighted by molar-refractivity contribution is 7.98. The number of benzene rings is 1. The Morgan fingerprint density at radius 3 is 3.05 bits per heavy atom. The van der Waals surface area contributed by atoms with Crippen LogP contribution < -0.4 is 5.73 Å². The van der Waals surface area contributed by atoms with Crippen LogP contribution in [0.15, 0.2) is 39.9 Å². The van der Waals surface area contributed by atoms with Crippen molar-refractivity contribution >= 4 is 17.6 Å². The van der Waals surface area contributed by atoms with Crippen molar-refractivity contribution in [3.05, 3.63) is 42.1 Å². The Labute approximate surface area is 117 Å². The Morgan fingerprint density at radius 1 is 1.40 bits per heavy atom. The van der Waals surface area contributed by atoms with Gasteiger partial charge < -0.3 is 10.3 Å². The average Bonchev–Trinajstić information content (AvgIpc) is 3.05. The quantitative estimate of drug-likeness (QED) is 0.717. The van der Waals surface area contributed by atoms with Crippen LogP contribution in [-0.2, 0) is 5.75 Å². The summed E-state index contributed by atoms with van der Waals surface area (Å²) in [5.74, 6) is 1.40. The van der Waals surface area contributed by atoms with Crippen molar-refractivity contribution in [2.24, 2.45) is 0 Å². The third kappa shape index (κ3) is 2.64. The molecule has 1 aromatic carbocycles. The number of hydrogen-bond acceptors (Lipinski definition) is 6. The minimum atomic E-state index is -0.269. The van der Waals surface area contributed by atoms with Gasteiger partial charge in [0, 0.05) is 4.90 Å². The van der Waals surface area contributed by atoms with Gasteiger partial charge in [-0.25, -0.2) is 4.39 Å². The van der Waals surface area contributed by atoms with E-state index in [1.165, 1.54) is 30.1 Å². The summed E-state index contributed by atoms with van der Waals surface area (Å²) >= 11 is 1.42. The van der Waals surface area contributed by atoms with E-state index in [9.17, 15) is 4.39 Å². The molecule has 0 fully saturated rings. The lowest BCUT2D eigenvalue weighted by atomic mass is 10.3. The van der Waals surface area contributed by atoms with E-state index in [1.807, 2.05) is 6.07 Å². The van der Waals surface area contributed by atoms with Crippen molar-refractivity contribution in [2.45, 2.75) is 10.6 Å². The van der Waals surface area contributed by atoms with E-state index < -0.39 is 0 Å². The monoisotopic (exact) mass is 291 g/mol. The first-order chi connectivity index (χ1) is 9.72. The van der Waals surface area contributed by atoms with E-state index >= 15 is 0 Å². The molecule has 0 saturated heterocycles. The number of aromatic nitrogens is 4. The SMILES string of the molecule is Nc1[nH]ncc1-c1nc(CSc2cccc(F)c2)no1. The number of thioether (sulfide) groups is 1. The molecule has 3 N–H and O–H groups in total. The standard InChI is InChI=1S/C12H10FN5OS/c13-7-2-1-3-8(4-7)20-6-10-16-12(19-18-10)9-5-15-17-11(9)14/h1-5H,6H2,(H3,14,15,17). The first-order valence-corrected chi connectivity index (χ1v) is 6.71. The molecular weight excluding hydrogens is 281 g/mol. The normalized spacial score (nSPS) is 10.8. The number of rotatable bonds is 4. The Bertz CT molecular complexity index is 726.